The summed E-state index contributed by atoms with van der Waals surface area (Å²) in [5, 5.41) is 13.0. The van der Waals surface area contributed by atoms with Crippen molar-refractivity contribution in [2.45, 2.75) is 9.79 Å². The Labute approximate surface area is 159 Å². The molecule has 1 heterocycles. The molecule has 27 heavy (non-hydrogen) atoms. The third kappa shape index (κ3) is 4.13. The summed E-state index contributed by atoms with van der Waals surface area (Å²) in [6, 6.07) is 12.9. The van der Waals surface area contributed by atoms with E-state index in [0.29, 0.717) is 17.8 Å². The molecular weight excluding hydrogens is 364 g/mol. The van der Waals surface area contributed by atoms with E-state index in [1.165, 1.54) is 18.2 Å². The Hall–Kier alpha value is -2.42. The Bertz CT molecular complexity index is 921. The second-order valence-corrected chi connectivity index (χ2v) is 8.58. The predicted octanol–water partition coefficient (Wildman–Crippen LogP) is 1.53. The van der Waals surface area contributed by atoms with Gasteiger partial charge in [0.1, 0.15) is 5.71 Å². The Morgan fingerprint density at radius 3 is 2.37 bits per heavy atom. The summed E-state index contributed by atoms with van der Waals surface area (Å²) in [6.07, 6.45) is 0. The summed E-state index contributed by atoms with van der Waals surface area (Å²) < 4.78 is 25.9. The molecule has 1 saturated heterocycles. The van der Waals surface area contributed by atoms with Gasteiger partial charge in [0, 0.05) is 38.3 Å². The van der Waals surface area contributed by atoms with Crippen molar-refractivity contribution in [3.63, 3.8) is 0 Å². The molecule has 0 bridgehead atoms. The van der Waals surface area contributed by atoms with Crippen molar-refractivity contribution < 1.29 is 13.6 Å². The van der Waals surface area contributed by atoms with E-state index in [2.05, 4.69) is 22.0 Å². The molecule has 0 amide bonds. The minimum atomic E-state index is -3.76. The lowest BCUT2D eigenvalue weighted by Crippen LogP contribution is -2.46. The molecule has 0 radical (unpaired) electrons. The van der Waals surface area contributed by atoms with Gasteiger partial charge >= 0.3 is 0 Å². The van der Waals surface area contributed by atoms with Crippen LogP contribution in [0, 0.1) is 0 Å². The molecule has 1 fully saturated rings. The van der Waals surface area contributed by atoms with Crippen LogP contribution in [-0.4, -0.2) is 68.9 Å². The molecular formula is C19H24N4O3S. The average Bonchev–Trinajstić information content (AvgIpc) is 2.68. The Kier molecular flexibility index (Phi) is 5.79. The summed E-state index contributed by atoms with van der Waals surface area (Å²) in [5.74, 6) is 0. The number of anilines is 1. The highest BCUT2D eigenvalue weighted by Gasteiger charge is 2.24. The van der Waals surface area contributed by atoms with Crippen LogP contribution in [0.4, 0.5) is 5.69 Å². The smallest absolute Gasteiger partial charge is 0.208 e. The van der Waals surface area contributed by atoms with Gasteiger partial charge in [-0.25, -0.2) is 8.42 Å². The predicted molar refractivity (Wildman–Crippen MR) is 105 cm³/mol. The van der Waals surface area contributed by atoms with Crippen LogP contribution in [0.25, 0.3) is 0 Å². The van der Waals surface area contributed by atoms with Crippen molar-refractivity contribution in [2.24, 2.45) is 5.16 Å². The van der Waals surface area contributed by atoms with Crippen LogP contribution >= 0.6 is 0 Å². The molecule has 0 aliphatic carbocycles. The third-order valence-electron chi connectivity index (χ3n) is 4.81. The lowest BCUT2D eigenvalue weighted by molar-refractivity contribution is 0.169. The van der Waals surface area contributed by atoms with Gasteiger partial charge in [0.05, 0.1) is 15.5 Å². The topological polar surface area (TPSA) is 99.2 Å². The van der Waals surface area contributed by atoms with Crippen LogP contribution < -0.4 is 5.73 Å². The van der Waals surface area contributed by atoms with E-state index in [1.807, 2.05) is 0 Å². The summed E-state index contributed by atoms with van der Waals surface area (Å²) in [6.45, 7) is 3.95. The van der Waals surface area contributed by atoms with Crippen LogP contribution in [0.2, 0.25) is 0 Å². The first kappa shape index (κ1) is 19.3. The van der Waals surface area contributed by atoms with Crippen LogP contribution in [0.3, 0.4) is 0 Å². The zero-order valence-corrected chi connectivity index (χ0v) is 16.1. The standard InChI is InChI=1S/C19H24N4O3S/c1-22-10-12-23(13-11-22)14-17(21-24)16-8-5-9-18(19(16)20)27(25,26)15-6-3-2-4-7-15/h2-9,24H,10-14,20H2,1H3. The number of hydrogen-bond acceptors (Lipinski definition) is 7. The van der Waals surface area contributed by atoms with Gasteiger partial charge in [0.25, 0.3) is 0 Å². The van der Waals surface area contributed by atoms with Crippen LogP contribution in [-0.2, 0) is 9.84 Å². The molecule has 0 atom stereocenters. The summed E-state index contributed by atoms with van der Waals surface area (Å²) >= 11 is 0. The largest absolute Gasteiger partial charge is 0.411 e. The van der Waals surface area contributed by atoms with Crippen molar-refractivity contribution in [1.29, 1.82) is 0 Å². The van der Waals surface area contributed by atoms with Gasteiger partial charge in [-0.1, -0.05) is 35.5 Å². The Morgan fingerprint density at radius 1 is 1.07 bits per heavy atom. The molecule has 2 aromatic rings. The molecule has 0 spiro atoms. The number of likely N-dealkylation sites (N-methyl/N-ethyl adjacent to an activating group) is 1. The number of nitrogen functional groups attached to an aromatic ring is 1. The molecule has 7 nitrogen and oxygen atoms in total. The fraction of sp³-hybridized carbons (Fsp3) is 0.316. The third-order valence-corrected chi connectivity index (χ3v) is 6.64. The number of nitrogens with two attached hydrogens (primary N) is 1. The summed E-state index contributed by atoms with van der Waals surface area (Å²) in [7, 11) is -1.69. The normalized spacial score (nSPS) is 17.1. The maximum atomic E-state index is 12.9. The van der Waals surface area contributed by atoms with Gasteiger partial charge < -0.3 is 15.8 Å². The van der Waals surface area contributed by atoms with Crippen molar-refractivity contribution in [1.82, 2.24) is 9.80 Å². The first-order valence-corrected chi connectivity index (χ1v) is 10.2. The number of para-hydroxylation sites is 1. The van der Waals surface area contributed by atoms with Gasteiger partial charge in [-0.05, 0) is 25.2 Å². The van der Waals surface area contributed by atoms with E-state index in [9.17, 15) is 13.6 Å². The number of rotatable bonds is 5. The summed E-state index contributed by atoms with van der Waals surface area (Å²) in [5.41, 5.74) is 7.11. The van der Waals surface area contributed by atoms with E-state index < -0.39 is 9.84 Å². The lowest BCUT2D eigenvalue weighted by atomic mass is 10.1. The number of oxime groups is 1. The van der Waals surface area contributed by atoms with Crippen molar-refractivity contribution in [3.05, 3.63) is 54.1 Å². The van der Waals surface area contributed by atoms with Crippen LogP contribution in [0.15, 0.2) is 63.5 Å². The van der Waals surface area contributed by atoms with E-state index in [0.717, 1.165) is 26.2 Å². The lowest BCUT2D eigenvalue weighted by Gasteiger charge is -2.32. The fourth-order valence-electron chi connectivity index (χ4n) is 3.15. The molecule has 8 heteroatoms. The zero-order chi connectivity index (χ0) is 19.4. The molecule has 144 valence electrons. The van der Waals surface area contributed by atoms with E-state index in [-0.39, 0.29) is 15.5 Å². The number of hydrogen-bond donors (Lipinski definition) is 2. The Balaban J connectivity index is 1.92. The first-order chi connectivity index (χ1) is 12.9. The molecule has 3 rings (SSSR count). The van der Waals surface area contributed by atoms with Gasteiger partial charge in [-0.3, -0.25) is 4.90 Å². The van der Waals surface area contributed by atoms with Crippen molar-refractivity contribution >= 4 is 21.2 Å². The highest BCUT2D eigenvalue weighted by atomic mass is 32.2. The van der Waals surface area contributed by atoms with E-state index in [4.69, 9.17) is 5.73 Å². The molecule has 2 aromatic carbocycles. The molecule has 3 N–H and O–H groups in total. The number of sulfone groups is 1. The minimum Gasteiger partial charge on any atom is -0.411 e. The maximum absolute atomic E-state index is 12.9. The van der Waals surface area contributed by atoms with Gasteiger partial charge in [0.2, 0.25) is 9.84 Å². The second-order valence-electron chi connectivity index (χ2n) is 6.66. The maximum Gasteiger partial charge on any atom is 0.208 e. The van der Waals surface area contributed by atoms with Gasteiger partial charge in [-0.2, -0.15) is 0 Å². The van der Waals surface area contributed by atoms with E-state index >= 15 is 0 Å². The molecule has 0 unspecified atom stereocenters. The highest BCUT2D eigenvalue weighted by molar-refractivity contribution is 7.91. The monoisotopic (exact) mass is 388 g/mol. The first-order valence-electron chi connectivity index (χ1n) is 8.74. The zero-order valence-electron chi connectivity index (χ0n) is 15.2. The number of nitrogens with zero attached hydrogens (tertiary/aromatic N) is 3. The average molecular weight is 388 g/mol. The highest BCUT2D eigenvalue weighted by Crippen LogP contribution is 2.28. The number of benzene rings is 2. The Morgan fingerprint density at radius 2 is 1.74 bits per heavy atom. The molecule has 0 aromatic heterocycles. The minimum absolute atomic E-state index is 0.0192. The SMILES string of the molecule is CN1CCN(CC(=NO)c2cccc(S(=O)(=O)c3ccccc3)c2N)CC1. The number of piperazine rings is 1. The summed E-state index contributed by atoms with van der Waals surface area (Å²) in [4.78, 5) is 4.58. The second kappa shape index (κ2) is 8.08. The molecule has 1 aliphatic heterocycles. The van der Waals surface area contributed by atoms with Crippen LogP contribution in [0.1, 0.15) is 5.56 Å². The van der Waals surface area contributed by atoms with E-state index in [1.54, 1.807) is 30.3 Å². The van der Waals surface area contributed by atoms with Gasteiger partial charge in [0.15, 0.2) is 0 Å². The molecule has 0 saturated carbocycles. The fourth-order valence-corrected chi connectivity index (χ4v) is 4.57. The van der Waals surface area contributed by atoms with Crippen molar-refractivity contribution in [2.75, 3.05) is 45.5 Å². The van der Waals surface area contributed by atoms with Crippen molar-refractivity contribution in [3.8, 4) is 0 Å². The van der Waals surface area contributed by atoms with Crippen LogP contribution in [0.5, 0.6) is 0 Å². The molecule has 1 aliphatic rings. The quantitative estimate of drug-likeness (QED) is 0.349. The van der Waals surface area contributed by atoms with Gasteiger partial charge in [-0.15, -0.1) is 0 Å².